The summed E-state index contributed by atoms with van der Waals surface area (Å²) < 4.78 is 10.9. The summed E-state index contributed by atoms with van der Waals surface area (Å²) in [5, 5.41) is 2.86. The molecule has 1 aromatic rings. The van der Waals surface area contributed by atoms with Crippen LogP contribution in [0.15, 0.2) is 12.1 Å². The molecule has 3 N–H and O–H groups in total. The minimum absolute atomic E-state index is 0.216. The molecule has 1 atom stereocenters. The third-order valence-corrected chi connectivity index (χ3v) is 4.48. The number of primary amides is 1. The first-order chi connectivity index (χ1) is 11.9. The average molecular weight is 349 g/mol. The molecule has 1 aliphatic rings. The quantitative estimate of drug-likeness (QED) is 0.854. The van der Waals surface area contributed by atoms with E-state index < -0.39 is 0 Å². The SMILES string of the molecule is COc1cc(NC(=O)N2CCCC(C(N)=O)C2)cc(OC)c1C(C)C. The molecule has 0 saturated carbocycles. The molecule has 0 spiro atoms. The summed E-state index contributed by atoms with van der Waals surface area (Å²) in [4.78, 5) is 25.5. The number of nitrogens with one attached hydrogen (secondary N) is 1. The van der Waals surface area contributed by atoms with Crippen LogP contribution in [0.4, 0.5) is 10.5 Å². The maximum absolute atomic E-state index is 12.5. The Morgan fingerprint density at radius 3 is 2.32 bits per heavy atom. The van der Waals surface area contributed by atoms with Crippen molar-refractivity contribution in [1.82, 2.24) is 4.90 Å². The van der Waals surface area contributed by atoms with E-state index in [1.165, 1.54) is 0 Å². The molecule has 0 aliphatic carbocycles. The molecule has 1 unspecified atom stereocenters. The molecule has 7 heteroatoms. The molecular formula is C18H27N3O4. The van der Waals surface area contributed by atoms with Gasteiger partial charge < -0.3 is 25.4 Å². The lowest BCUT2D eigenvalue weighted by Gasteiger charge is -2.31. The molecule has 3 amide bonds. The van der Waals surface area contributed by atoms with Gasteiger partial charge in [0, 0.05) is 36.5 Å². The maximum atomic E-state index is 12.5. The van der Waals surface area contributed by atoms with Crippen LogP contribution < -0.4 is 20.5 Å². The highest BCUT2D eigenvalue weighted by molar-refractivity contribution is 5.90. The van der Waals surface area contributed by atoms with Crippen LogP contribution in [0.3, 0.4) is 0 Å². The Morgan fingerprint density at radius 2 is 1.84 bits per heavy atom. The fourth-order valence-electron chi connectivity index (χ4n) is 3.18. The number of piperidine rings is 1. The van der Waals surface area contributed by atoms with Crippen LogP contribution >= 0.6 is 0 Å². The second-order valence-corrected chi connectivity index (χ2v) is 6.57. The molecule has 1 aliphatic heterocycles. The highest BCUT2D eigenvalue weighted by Gasteiger charge is 2.27. The van der Waals surface area contributed by atoms with Crippen molar-refractivity contribution in [1.29, 1.82) is 0 Å². The van der Waals surface area contributed by atoms with E-state index in [2.05, 4.69) is 19.2 Å². The van der Waals surface area contributed by atoms with Gasteiger partial charge in [0.05, 0.1) is 20.1 Å². The van der Waals surface area contributed by atoms with Gasteiger partial charge in [-0.2, -0.15) is 0 Å². The third kappa shape index (κ3) is 4.35. The Kier molecular flexibility index (Phi) is 6.12. The molecule has 7 nitrogen and oxygen atoms in total. The number of urea groups is 1. The Labute approximate surface area is 148 Å². The first kappa shape index (κ1) is 18.9. The Bertz CT molecular complexity index is 620. The van der Waals surface area contributed by atoms with E-state index >= 15 is 0 Å². The monoisotopic (exact) mass is 349 g/mol. The van der Waals surface area contributed by atoms with E-state index in [1.807, 2.05) is 0 Å². The standard InChI is InChI=1S/C18H27N3O4/c1-11(2)16-14(24-3)8-13(9-15(16)25-4)20-18(23)21-7-5-6-12(10-21)17(19)22/h8-9,11-12H,5-7,10H2,1-4H3,(H2,19,22)(H,20,23). The second-order valence-electron chi connectivity index (χ2n) is 6.57. The fourth-order valence-corrected chi connectivity index (χ4v) is 3.18. The van der Waals surface area contributed by atoms with Gasteiger partial charge in [0.1, 0.15) is 11.5 Å². The summed E-state index contributed by atoms with van der Waals surface area (Å²) in [5.74, 6) is 0.902. The van der Waals surface area contributed by atoms with Crippen molar-refractivity contribution in [3.05, 3.63) is 17.7 Å². The summed E-state index contributed by atoms with van der Waals surface area (Å²) in [6.45, 7) is 5.06. The lowest BCUT2D eigenvalue weighted by molar-refractivity contribution is -0.123. The molecule has 0 aromatic heterocycles. The number of hydrogen-bond acceptors (Lipinski definition) is 4. The van der Waals surface area contributed by atoms with Crippen LogP contribution in [0.2, 0.25) is 0 Å². The number of anilines is 1. The number of amides is 3. The van der Waals surface area contributed by atoms with Crippen molar-refractivity contribution >= 4 is 17.6 Å². The topological polar surface area (TPSA) is 93.9 Å². The Hall–Kier alpha value is -2.44. The lowest BCUT2D eigenvalue weighted by atomic mass is 9.98. The van der Waals surface area contributed by atoms with Crippen LogP contribution in [-0.4, -0.2) is 44.1 Å². The van der Waals surface area contributed by atoms with Crippen molar-refractivity contribution in [3.8, 4) is 11.5 Å². The summed E-state index contributed by atoms with van der Waals surface area (Å²) >= 11 is 0. The van der Waals surface area contributed by atoms with Gasteiger partial charge in [0.25, 0.3) is 0 Å². The van der Waals surface area contributed by atoms with Crippen molar-refractivity contribution in [2.45, 2.75) is 32.6 Å². The maximum Gasteiger partial charge on any atom is 0.321 e. The summed E-state index contributed by atoms with van der Waals surface area (Å²) in [6, 6.07) is 3.31. The predicted octanol–water partition coefficient (Wildman–Crippen LogP) is 2.56. The largest absolute Gasteiger partial charge is 0.496 e. The molecule has 1 saturated heterocycles. The Morgan fingerprint density at radius 1 is 1.24 bits per heavy atom. The van der Waals surface area contributed by atoms with Crippen LogP contribution in [-0.2, 0) is 4.79 Å². The minimum Gasteiger partial charge on any atom is -0.496 e. The molecule has 2 rings (SSSR count). The number of nitrogens with zero attached hydrogens (tertiary/aromatic N) is 1. The van der Waals surface area contributed by atoms with Gasteiger partial charge in [-0.25, -0.2) is 4.79 Å². The smallest absolute Gasteiger partial charge is 0.321 e. The van der Waals surface area contributed by atoms with Gasteiger partial charge in [-0.05, 0) is 18.8 Å². The number of hydrogen-bond donors (Lipinski definition) is 2. The highest BCUT2D eigenvalue weighted by atomic mass is 16.5. The molecule has 1 fully saturated rings. The summed E-state index contributed by atoms with van der Waals surface area (Å²) in [7, 11) is 3.18. The van der Waals surface area contributed by atoms with Crippen molar-refractivity contribution < 1.29 is 19.1 Å². The zero-order valence-corrected chi connectivity index (χ0v) is 15.3. The van der Waals surface area contributed by atoms with Crippen LogP contribution in [0.5, 0.6) is 11.5 Å². The van der Waals surface area contributed by atoms with E-state index in [4.69, 9.17) is 15.2 Å². The molecule has 0 radical (unpaired) electrons. The van der Waals surface area contributed by atoms with Crippen LogP contribution in [0, 0.1) is 5.92 Å². The van der Waals surface area contributed by atoms with Crippen molar-refractivity contribution in [2.24, 2.45) is 11.7 Å². The molecule has 1 aromatic carbocycles. The highest BCUT2D eigenvalue weighted by Crippen LogP contribution is 2.38. The van der Waals surface area contributed by atoms with Gasteiger partial charge in [-0.3, -0.25) is 4.79 Å². The van der Waals surface area contributed by atoms with Gasteiger partial charge in [-0.15, -0.1) is 0 Å². The van der Waals surface area contributed by atoms with E-state index in [-0.39, 0.29) is 23.8 Å². The van der Waals surface area contributed by atoms with Gasteiger partial charge in [0.15, 0.2) is 0 Å². The normalized spacial score (nSPS) is 17.3. The molecular weight excluding hydrogens is 322 g/mol. The number of benzene rings is 1. The van der Waals surface area contributed by atoms with E-state index in [0.717, 1.165) is 18.4 Å². The number of nitrogens with two attached hydrogens (primary N) is 1. The number of carbonyl (C=O) groups excluding carboxylic acids is 2. The van der Waals surface area contributed by atoms with Gasteiger partial charge in [-0.1, -0.05) is 13.8 Å². The molecule has 25 heavy (non-hydrogen) atoms. The average Bonchev–Trinajstić information content (AvgIpc) is 2.60. The summed E-state index contributed by atoms with van der Waals surface area (Å²) in [5.41, 5.74) is 6.91. The van der Waals surface area contributed by atoms with E-state index in [9.17, 15) is 9.59 Å². The summed E-state index contributed by atoms with van der Waals surface area (Å²) in [6.07, 6.45) is 1.49. The lowest BCUT2D eigenvalue weighted by Crippen LogP contribution is -2.45. The number of rotatable bonds is 5. The van der Waals surface area contributed by atoms with E-state index in [0.29, 0.717) is 30.3 Å². The number of ether oxygens (including phenoxy) is 2. The predicted molar refractivity (Wildman–Crippen MR) is 96.1 cm³/mol. The number of likely N-dealkylation sites (tertiary alicyclic amines) is 1. The second kappa shape index (κ2) is 8.09. The first-order valence-electron chi connectivity index (χ1n) is 8.48. The van der Waals surface area contributed by atoms with Gasteiger partial charge >= 0.3 is 6.03 Å². The number of carbonyl (C=O) groups is 2. The zero-order chi connectivity index (χ0) is 18.6. The molecule has 138 valence electrons. The van der Waals surface area contributed by atoms with Crippen LogP contribution in [0.25, 0.3) is 0 Å². The number of methoxy groups -OCH3 is 2. The minimum atomic E-state index is -0.359. The first-order valence-corrected chi connectivity index (χ1v) is 8.48. The molecule has 0 bridgehead atoms. The van der Waals surface area contributed by atoms with Gasteiger partial charge in [0.2, 0.25) is 5.91 Å². The van der Waals surface area contributed by atoms with Crippen molar-refractivity contribution in [2.75, 3.05) is 32.6 Å². The zero-order valence-electron chi connectivity index (χ0n) is 15.3. The molecule has 1 heterocycles. The van der Waals surface area contributed by atoms with Crippen LogP contribution in [0.1, 0.15) is 38.2 Å². The fraction of sp³-hybridized carbons (Fsp3) is 0.556. The third-order valence-electron chi connectivity index (χ3n) is 4.48. The van der Waals surface area contributed by atoms with Crippen molar-refractivity contribution in [3.63, 3.8) is 0 Å². The van der Waals surface area contributed by atoms with E-state index in [1.54, 1.807) is 31.3 Å². The Balaban J connectivity index is 2.19.